The smallest absolute Gasteiger partial charge is 0.259 e. The average Bonchev–Trinajstić information content (AvgIpc) is 2.85. The third-order valence-electron chi connectivity index (χ3n) is 2.53. The standard InChI is InChI=1S/C11H14N4O3/c1-6-10(7(2)18-14-6)11(16)15(4)5-9-13-12-8(3)17-9/h5H2,1-4H3. The molecule has 1 amide bonds. The van der Waals surface area contributed by atoms with Gasteiger partial charge in [0.05, 0.1) is 12.2 Å². The van der Waals surface area contributed by atoms with Gasteiger partial charge in [-0.1, -0.05) is 5.16 Å². The summed E-state index contributed by atoms with van der Waals surface area (Å²) >= 11 is 0. The number of aromatic nitrogens is 3. The van der Waals surface area contributed by atoms with Crippen LogP contribution in [0.1, 0.15) is 33.6 Å². The molecule has 0 saturated heterocycles. The summed E-state index contributed by atoms with van der Waals surface area (Å²) in [6.45, 7) is 5.39. The summed E-state index contributed by atoms with van der Waals surface area (Å²) < 4.78 is 10.2. The Hall–Kier alpha value is -2.18. The van der Waals surface area contributed by atoms with E-state index >= 15 is 0 Å². The second-order valence-electron chi connectivity index (χ2n) is 4.08. The van der Waals surface area contributed by atoms with Gasteiger partial charge < -0.3 is 13.8 Å². The van der Waals surface area contributed by atoms with E-state index in [1.807, 2.05) is 0 Å². The molecule has 0 unspecified atom stereocenters. The summed E-state index contributed by atoms with van der Waals surface area (Å²) in [4.78, 5) is 13.7. The maximum Gasteiger partial charge on any atom is 0.259 e. The number of carbonyl (C=O) groups is 1. The largest absolute Gasteiger partial charge is 0.424 e. The molecule has 0 fully saturated rings. The molecule has 2 aromatic heterocycles. The molecule has 18 heavy (non-hydrogen) atoms. The lowest BCUT2D eigenvalue weighted by molar-refractivity contribution is 0.0770. The summed E-state index contributed by atoms with van der Waals surface area (Å²) in [5, 5.41) is 11.3. The molecule has 0 aliphatic rings. The third-order valence-corrected chi connectivity index (χ3v) is 2.53. The highest BCUT2D eigenvalue weighted by Gasteiger charge is 2.22. The van der Waals surface area contributed by atoms with Crippen molar-refractivity contribution >= 4 is 5.91 Å². The molecule has 2 rings (SSSR count). The van der Waals surface area contributed by atoms with Gasteiger partial charge in [-0.25, -0.2) is 0 Å². The van der Waals surface area contributed by atoms with Crippen molar-refractivity contribution in [3.63, 3.8) is 0 Å². The summed E-state index contributed by atoms with van der Waals surface area (Å²) in [7, 11) is 1.66. The minimum absolute atomic E-state index is 0.179. The molecule has 0 aliphatic heterocycles. The Bertz CT molecular complexity index is 553. The topological polar surface area (TPSA) is 85.3 Å². The molecule has 0 atom stereocenters. The summed E-state index contributed by atoms with van der Waals surface area (Å²) in [6.07, 6.45) is 0. The zero-order chi connectivity index (χ0) is 13.3. The van der Waals surface area contributed by atoms with Gasteiger partial charge in [0.15, 0.2) is 0 Å². The molecule has 0 saturated carbocycles. The maximum absolute atomic E-state index is 12.2. The van der Waals surface area contributed by atoms with E-state index in [1.54, 1.807) is 27.8 Å². The lowest BCUT2D eigenvalue weighted by atomic mass is 10.2. The molecule has 0 aliphatic carbocycles. The molecular formula is C11H14N4O3. The lowest BCUT2D eigenvalue weighted by Crippen LogP contribution is -2.27. The van der Waals surface area contributed by atoms with Crippen molar-refractivity contribution in [2.75, 3.05) is 7.05 Å². The lowest BCUT2D eigenvalue weighted by Gasteiger charge is -2.14. The van der Waals surface area contributed by atoms with Gasteiger partial charge in [0, 0.05) is 14.0 Å². The zero-order valence-corrected chi connectivity index (χ0v) is 10.7. The second kappa shape index (κ2) is 4.59. The van der Waals surface area contributed by atoms with E-state index < -0.39 is 0 Å². The molecule has 7 heteroatoms. The summed E-state index contributed by atoms with van der Waals surface area (Å²) in [5.74, 6) is 1.20. The third kappa shape index (κ3) is 2.24. The van der Waals surface area contributed by atoms with E-state index in [2.05, 4.69) is 15.4 Å². The quantitative estimate of drug-likeness (QED) is 0.815. The minimum Gasteiger partial charge on any atom is -0.424 e. The highest BCUT2D eigenvalue weighted by molar-refractivity contribution is 5.95. The number of nitrogens with zero attached hydrogens (tertiary/aromatic N) is 4. The number of hydrogen-bond donors (Lipinski definition) is 0. The van der Waals surface area contributed by atoms with E-state index in [1.165, 1.54) is 4.90 Å². The molecule has 0 aromatic carbocycles. The van der Waals surface area contributed by atoms with Crippen LogP contribution in [0, 0.1) is 20.8 Å². The van der Waals surface area contributed by atoms with Gasteiger partial charge in [-0.15, -0.1) is 10.2 Å². The first kappa shape index (κ1) is 12.3. The molecular weight excluding hydrogens is 236 g/mol. The molecule has 7 nitrogen and oxygen atoms in total. The molecule has 2 heterocycles. The van der Waals surface area contributed by atoms with Gasteiger partial charge in [-0.05, 0) is 13.8 Å². The summed E-state index contributed by atoms with van der Waals surface area (Å²) in [6, 6.07) is 0. The maximum atomic E-state index is 12.2. The SMILES string of the molecule is Cc1nnc(CN(C)C(=O)c2c(C)noc2C)o1. The molecule has 0 spiro atoms. The van der Waals surface area contributed by atoms with Crippen LogP contribution in [0.5, 0.6) is 0 Å². The van der Waals surface area contributed by atoms with Crippen LogP contribution in [0.2, 0.25) is 0 Å². The van der Waals surface area contributed by atoms with E-state index in [0.717, 1.165) is 0 Å². The Kier molecular flexibility index (Phi) is 3.14. The molecule has 0 radical (unpaired) electrons. The van der Waals surface area contributed by atoms with Gasteiger partial charge in [0.2, 0.25) is 11.8 Å². The number of amides is 1. The fourth-order valence-electron chi connectivity index (χ4n) is 1.66. The van der Waals surface area contributed by atoms with Crippen LogP contribution in [-0.4, -0.2) is 33.2 Å². The van der Waals surface area contributed by atoms with Gasteiger partial charge >= 0.3 is 0 Å². The first-order chi connectivity index (χ1) is 8.49. The van der Waals surface area contributed by atoms with Gasteiger partial charge in [-0.3, -0.25) is 4.79 Å². The highest BCUT2D eigenvalue weighted by atomic mass is 16.5. The van der Waals surface area contributed by atoms with E-state index in [9.17, 15) is 4.79 Å². The molecule has 2 aromatic rings. The fourth-order valence-corrected chi connectivity index (χ4v) is 1.66. The van der Waals surface area contributed by atoms with Gasteiger partial charge in [0.1, 0.15) is 11.3 Å². The predicted molar refractivity (Wildman–Crippen MR) is 60.8 cm³/mol. The van der Waals surface area contributed by atoms with Crippen molar-refractivity contribution in [3.05, 3.63) is 28.8 Å². The predicted octanol–water partition coefficient (Wildman–Crippen LogP) is 1.26. The highest BCUT2D eigenvalue weighted by Crippen LogP contribution is 2.15. The number of aryl methyl sites for hydroxylation is 3. The van der Waals surface area contributed by atoms with Crippen molar-refractivity contribution < 1.29 is 13.7 Å². The number of carbonyl (C=O) groups excluding carboxylic acids is 1. The van der Waals surface area contributed by atoms with Crippen LogP contribution in [0.25, 0.3) is 0 Å². The van der Waals surface area contributed by atoms with Gasteiger partial charge in [-0.2, -0.15) is 0 Å². The van der Waals surface area contributed by atoms with E-state index in [4.69, 9.17) is 8.94 Å². The first-order valence-electron chi connectivity index (χ1n) is 5.46. The van der Waals surface area contributed by atoms with Crippen LogP contribution >= 0.6 is 0 Å². The van der Waals surface area contributed by atoms with E-state index in [-0.39, 0.29) is 12.5 Å². The molecule has 0 N–H and O–H groups in total. The van der Waals surface area contributed by atoms with Crippen molar-refractivity contribution in [1.29, 1.82) is 0 Å². The van der Waals surface area contributed by atoms with Gasteiger partial charge in [0.25, 0.3) is 5.91 Å². The second-order valence-corrected chi connectivity index (χ2v) is 4.08. The Morgan fingerprint density at radius 3 is 2.50 bits per heavy atom. The number of rotatable bonds is 3. The minimum atomic E-state index is -0.179. The molecule has 96 valence electrons. The normalized spacial score (nSPS) is 10.7. The van der Waals surface area contributed by atoms with Crippen molar-refractivity contribution in [2.24, 2.45) is 0 Å². The fraction of sp³-hybridized carbons (Fsp3) is 0.455. The summed E-state index contributed by atoms with van der Waals surface area (Å²) in [5.41, 5.74) is 1.06. The van der Waals surface area contributed by atoms with Crippen LogP contribution in [0.15, 0.2) is 8.94 Å². The Morgan fingerprint density at radius 1 is 1.28 bits per heavy atom. The van der Waals surface area contributed by atoms with Crippen LogP contribution < -0.4 is 0 Å². The molecule has 0 bridgehead atoms. The Balaban J connectivity index is 2.14. The van der Waals surface area contributed by atoms with Crippen molar-refractivity contribution in [3.8, 4) is 0 Å². The average molecular weight is 250 g/mol. The van der Waals surface area contributed by atoms with E-state index in [0.29, 0.717) is 28.8 Å². The monoisotopic (exact) mass is 250 g/mol. The Morgan fingerprint density at radius 2 is 2.00 bits per heavy atom. The van der Waals surface area contributed by atoms with Crippen molar-refractivity contribution in [1.82, 2.24) is 20.3 Å². The zero-order valence-electron chi connectivity index (χ0n) is 10.7. The van der Waals surface area contributed by atoms with Crippen LogP contribution in [0.3, 0.4) is 0 Å². The van der Waals surface area contributed by atoms with Crippen LogP contribution in [0.4, 0.5) is 0 Å². The van der Waals surface area contributed by atoms with Crippen LogP contribution in [-0.2, 0) is 6.54 Å². The number of hydrogen-bond acceptors (Lipinski definition) is 6. The first-order valence-corrected chi connectivity index (χ1v) is 5.46. The Labute approximate surface area is 104 Å². The van der Waals surface area contributed by atoms with Crippen molar-refractivity contribution in [2.45, 2.75) is 27.3 Å².